The van der Waals surface area contributed by atoms with E-state index in [2.05, 4.69) is 15.5 Å². The summed E-state index contributed by atoms with van der Waals surface area (Å²) >= 11 is 2.47. The number of ether oxygens (including phenoxy) is 1. The lowest BCUT2D eigenvalue weighted by molar-refractivity contribution is -0.113. The maximum atomic E-state index is 13.4. The molecule has 0 aliphatic carbocycles. The number of nitrogens with one attached hydrogen (secondary N) is 1. The number of hydrogen-bond donors (Lipinski definition) is 1. The average molecular weight is 478 g/mol. The summed E-state index contributed by atoms with van der Waals surface area (Å²) in [5, 5.41) is 13.2. The molecule has 1 aliphatic rings. The molecule has 1 aromatic carbocycles. The third-order valence-electron chi connectivity index (χ3n) is 5.13. The van der Waals surface area contributed by atoms with Gasteiger partial charge in [0.1, 0.15) is 4.70 Å². The summed E-state index contributed by atoms with van der Waals surface area (Å²) in [7, 11) is 0. The number of rotatable bonds is 6. The van der Waals surface area contributed by atoms with Crippen LogP contribution in [0.2, 0.25) is 0 Å². The van der Waals surface area contributed by atoms with Crippen molar-refractivity contribution in [1.82, 2.24) is 19.2 Å². The third kappa shape index (κ3) is 3.89. The number of thioether (sulfide) groups is 1. The first-order valence-corrected chi connectivity index (χ1v) is 11.7. The number of nitrogens with zero attached hydrogens (tertiary/aromatic N) is 4. The lowest BCUT2D eigenvalue weighted by Crippen LogP contribution is -2.28. The zero-order valence-corrected chi connectivity index (χ0v) is 18.2. The summed E-state index contributed by atoms with van der Waals surface area (Å²) in [4.78, 5) is 25.4. The number of hydrogen-bond acceptors (Lipinski definition) is 7. The minimum absolute atomic E-state index is 0.0315. The second-order valence-corrected chi connectivity index (χ2v) is 9.13. The molecule has 0 saturated carbocycles. The molecule has 1 fully saturated rings. The summed E-state index contributed by atoms with van der Waals surface area (Å²) in [6.07, 6.45) is 1.78. The van der Waals surface area contributed by atoms with E-state index in [0.717, 1.165) is 36.7 Å². The van der Waals surface area contributed by atoms with Crippen molar-refractivity contribution in [1.29, 1.82) is 0 Å². The van der Waals surface area contributed by atoms with Crippen LogP contribution in [0.1, 0.15) is 12.8 Å². The van der Waals surface area contributed by atoms with Gasteiger partial charge in [-0.15, -0.1) is 21.5 Å². The van der Waals surface area contributed by atoms with E-state index in [1.807, 2.05) is 11.4 Å². The molecule has 1 amide bonds. The van der Waals surface area contributed by atoms with Crippen molar-refractivity contribution in [2.45, 2.75) is 30.6 Å². The summed E-state index contributed by atoms with van der Waals surface area (Å²) < 4.78 is 36.0. The van der Waals surface area contributed by atoms with Crippen LogP contribution in [-0.4, -0.2) is 43.5 Å². The van der Waals surface area contributed by atoms with Gasteiger partial charge in [0.2, 0.25) is 11.7 Å². The molecular weight excluding hydrogens is 460 g/mol. The predicted molar refractivity (Wildman–Crippen MR) is 117 cm³/mol. The number of carbonyl (C=O) groups excluding carboxylic acids is 1. The van der Waals surface area contributed by atoms with E-state index in [1.54, 1.807) is 8.97 Å². The van der Waals surface area contributed by atoms with Crippen molar-refractivity contribution in [3.05, 3.63) is 51.6 Å². The summed E-state index contributed by atoms with van der Waals surface area (Å²) in [6.45, 7) is 1.06. The Balaban J connectivity index is 1.42. The zero-order chi connectivity index (χ0) is 22.2. The van der Waals surface area contributed by atoms with Crippen molar-refractivity contribution in [3.63, 3.8) is 0 Å². The molecule has 5 rings (SSSR count). The van der Waals surface area contributed by atoms with Gasteiger partial charge in [0, 0.05) is 18.4 Å². The molecule has 0 radical (unpaired) electrons. The number of carbonyl (C=O) groups is 1. The van der Waals surface area contributed by atoms with E-state index in [0.29, 0.717) is 34.3 Å². The second kappa shape index (κ2) is 8.60. The third-order valence-corrected chi connectivity index (χ3v) is 6.95. The first-order valence-electron chi connectivity index (χ1n) is 9.85. The molecule has 32 heavy (non-hydrogen) atoms. The smallest absolute Gasteiger partial charge is 0.272 e. The number of halogens is 2. The summed E-state index contributed by atoms with van der Waals surface area (Å²) in [5.41, 5.74) is 0.691. The Morgan fingerprint density at radius 3 is 2.94 bits per heavy atom. The normalized spacial score (nSPS) is 16.2. The minimum atomic E-state index is -1.04. The number of amides is 1. The van der Waals surface area contributed by atoms with Gasteiger partial charge in [-0.3, -0.25) is 18.6 Å². The Bertz CT molecular complexity index is 1380. The van der Waals surface area contributed by atoms with Crippen molar-refractivity contribution in [2.24, 2.45) is 0 Å². The lowest BCUT2D eigenvalue weighted by Gasteiger charge is -2.13. The van der Waals surface area contributed by atoms with Gasteiger partial charge in [-0.25, -0.2) is 8.78 Å². The van der Waals surface area contributed by atoms with Gasteiger partial charge in [-0.1, -0.05) is 11.8 Å². The van der Waals surface area contributed by atoms with E-state index in [4.69, 9.17) is 4.74 Å². The molecule has 4 aromatic rings. The van der Waals surface area contributed by atoms with Gasteiger partial charge in [0.15, 0.2) is 16.8 Å². The highest BCUT2D eigenvalue weighted by molar-refractivity contribution is 7.99. The van der Waals surface area contributed by atoms with Crippen LogP contribution in [0.5, 0.6) is 0 Å². The molecule has 1 saturated heterocycles. The topological polar surface area (TPSA) is 90.5 Å². The molecule has 4 heterocycles. The number of aromatic nitrogens is 4. The summed E-state index contributed by atoms with van der Waals surface area (Å²) in [6, 6.07) is 4.97. The van der Waals surface area contributed by atoms with Crippen molar-refractivity contribution < 1.29 is 18.3 Å². The van der Waals surface area contributed by atoms with Crippen LogP contribution in [0.3, 0.4) is 0 Å². The van der Waals surface area contributed by atoms with Gasteiger partial charge in [-0.2, -0.15) is 0 Å². The fourth-order valence-electron chi connectivity index (χ4n) is 3.65. The molecule has 1 atom stereocenters. The number of fused-ring (bicyclic) bond motifs is 3. The van der Waals surface area contributed by atoms with Crippen LogP contribution in [-0.2, 0) is 16.1 Å². The quantitative estimate of drug-likeness (QED) is 0.429. The maximum absolute atomic E-state index is 13.4. The van der Waals surface area contributed by atoms with E-state index < -0.39 is 17.5 Å². The van der Waals surface area contributed by atoms with E-state index in [1.165, 1.54) is 17.4 Å². The highest BCUT2D eigenvalue weighted by Crippen LogP contribution is 2.25. The van der Waals surface area contributed by atoms with Gasteiger partial charge >= 0.3 is 0 Å². The molecule has 0 bridgehead atoms. The van der Waals surface area contributed by atoms with E-state index in [-0.39, 0.29) is 23.1 Å². The Morgan fingerprint density at radius 1 is 1.28 bits per heavy atom. The highest BCUT2D eigenvalue weighted by atomic mass is 32.2. The minimum Gasteiger partial charge on any atom is -0.376 e. The highest BCUT2D eigenvalue weighted by Gasteiger charge is 2.23. The maximum Gasteiger partial charge on any atom is 0.272 e. The van der Waals surface area contributed by atoms with Crippen LogP contribution in [0.25, 0.3) is 16.0 Å². The number of benzene rings is 1. The van der Waals surface area contributed by atoms with Crippen molar-refractivity contribution in [3.8, 4) is 0 Å². The largest absolute Gasteiger partial charge is 0.376 e. The fraction of sp³-hybridized carbons (Fsp3) is 0.300. The monoisotopic (exact) mass is 477 g/mol. The van der Waals surface area contributed by atoms with Crippen LogP contribution >= 0.6 is 23.1 Å². The molecule has 12 heteroatoms. The lowest BCUT2D eigenvalue weighted by atomic mass is 10.2. The first kappa shape index (κ1) is 21.0. The van der Waals surface area contributed by atoms with Gasteiger partial charge in [-0.05, 0) is 36.4 Å². The second-order valence-electron chi connectivity index (χ2n) is 7.27. The number of anilines is 1. The molecule has 166 valence electrons. The van der Waals surface area contributed by atoms with Gasteiger partial charge < -0.3 is 10.1 Å². The Labute approximate surface area is 188 Å². The zero-order valence-electron chi connectivity index (χ0n) is 16.6. The molecular formula is C20H17F2N5O3S2. The Kier molecular flexibility index (Phi) is 5.66. The van der Waals surface area contributed by atoms with E-state index in [9.17, 15) is 18.4 Å². The molecule has 8 nitrogen and oxygen atoms in total. The first-order chi connectivity index (χ1) is 15.5. The van der Waals surface area contributed by atoms with Crippen molar-refractivity contribution >= 4 is 50.7 Å². The van der Waals surface area contributed by atoms with Crippen LogP contribution < -0.4 is 10.9 Å². The van der Waals surface area contributed by atoms with E-state index >= 15 is 0 Å². The standard InChI is InChI=1S/C20H17F2N5O3S2/c21-13-4-3-11(8-14(13)22)23-16(28)10-32-20-25-24-19-26(9-12-2-1-6-30-12)18(29)17-15(27(19)20)5-7-31-17/h3-5,7-8,12H,1-2,6,9-10H2,(H,23,28)/t12-/m1/s1. The molecule has 3 aromatic heterocycles. The van der Waals surface area contributed by atoms with Gasteiger partial charge in [0.05, 0.1) is 23.9 Å². The SMILES string of the molecule is O=C(CSc1nnc2n(C[C@H]3CCCO3)c(=O)c3sccc3n12)Nc1ccc(F)c(F)c1. The fourth-order valence-corrected chi connectivity index (χ4v) is 5.22. The molecule has 0 unspecified atom stereocenters. The van der Waals surface area contributed by atoms with Crippen LogP contribution in [0, 0.1) is 11.6 Å². The molecule has 1 N–H and O–H groups in total. The average Bonchev–Trinajstić information content (AvgIpc) is 3.52. The Hall–Kier alpha value is -2.83. The predicted octanol–water partition coefficient (Wildman–Crippen LogP) is 3.29. The molecule has 1 aliphatic heterocycles. The molecule has 0 spiro atoms. The van der Waals surface area contributed by atoms with Crippen LogP contribution in [0.4, 0.5) is 14.5 Å². The summed E-state index contributed by atoms with van der Waals surface area (Å²) in [5.74, 6) is -2.08. The Morgan fingerprint density at radius 2 is 2.16 bits per heavy atom. The van der Waals surface area contributed by atoms with Crippen LogP contribution in [0.15, 0.2) is 39.6 Å². The number of thiophene rings is 1. The van der Waals surface area contributed by atoms with Gasteiger partial charge in [0.25, 0.3) is 5.56 Å². The van der Waals surface area contributed by atoms with Crippen molar-refractivity contribution in [2.75, 3.05) is 17.7 Å².